The van der Waals surface area contributed by atoms with Gasteiger partial charge < -0.3 is 10.1 Å². The molecule has 0 unspecified atom stereocenters. The highest BCUT2D eigenvalue weighted by atomic mass is 79.9. The zero-order valence-electron chi connectivity index (χ0n) is 18.1. The molecule has 1 aliphatic carbocycles. The van der Waals surface area contributed by atoms with Crippen LogP contribution in [0.5, 0.6) is 0 Å². The molecule has 1 fully saturated rings. The van der Waals surface area contributed by atoms with E-state index in [1.165, 1.54) is 0 Å². The number of anilines is 1. The van der Waals surface area contributed by atoms with E-state index in [0.29, 0.717) is 28.0 Å². The van der Waals surface area contributed by atoms with Crippen LogP contribution in [-0.2, 0) is 30.3 Å². The second kappa shape index (κ2) is 10.5. The summed E-state index contributed by atoms with van der Waals surface area (Å²) in [5.74, 6) is -3.04. The Labute approximate surface area is 210 Å². The van der Waals surface area contributed by atoms with Crippen molar-refractivity contribution in [3.05, 3.63) is 75.7 Å². The van der Waals surface area contributed by atoms with Crippen molar-refractivity contribution in [2.24, 2.45) is 11.8 Å². The highest BCUT2D eigenvalue weighted by molar-refractivity contribution is 9.10. The van der Waals surface area contributed by atoms with Gasteiger partial charge in [-0.1, -0.05) is 54.1 Å². The Bertz CT molecular complexity index is 1130. The molecule has 0 bridgehead atoms. The Morgan fingerprint density at radius 3 is 2.32 bits per heavy atom. The van der Waals surface area contributed by atoms with E-state index >= 15 is 0 Å². The molecular weight excluding hydrogens is 524 g/mol. The molecule has 0 saturated carbocycles. The third-order valence-corrected chi connectivity index (χ3v) is 7.18. The molecule has 0 aromatic heterocycles. The molecule has 2 aliphatic rings. The summed E-state index contributed by atoms with van der Waals surface area (Å²) in [6.07, 6.45) is 4.82. The van der Waals surface area contributed by atoms with Crippen LogP contribution in [0, 0.1) is 11.8 Å². The summed E-state index contributed by atoms with van der Waals surface area (Å²) in [7, 11) is 0. The molecule has 1 N–H and O–H groups in total. The van der Waals surface area contributed by atoms with Gasteiger partial charge in [0, 0.05) is 16.6 Å². The first kappa shape index (κ1) is 24.2. The Hall–Kier alpha value is -2.97. The topological polar surface area (TPSA) is 92.8 Å². The lowest BCUT2D eigenvalue weighted by Crippen LogP contribution is -2.48. The Morgan fingerprint density at radius 1 is 1.06 bits per heavy atom. The van der Waals surface area contributed by atoms with E-state index in [2.05, 4.69) is 21.2 Å². The maximum Gasteiger partial charge on any atom is 0.330 e. The van der Waals surface area contributed by atoms with Gasteiger partial charge in [-0.15, -0.1) is 0 Å². The van der Waals surface area contributed by atoms with Gasteiger partial charge in [0.05, 0.1) is 16.9 Å². The third kappa shape index (κ3) is 5.23. The molecule has 1 heterocycles. The van der Waals surface area contributed by atoms with Gasteiger partial charge >= 0.3 is 5.97 Å². The molecular formula is C25H22BrClN2O5. The summed E-state index contributed by atoms with van der Waals surface area (Å²) in [5.41, 5.74) is 1.21. The third-order valence-electron chi connectivity index (χ3n) is 5.95. The number of ether oxygens (including phenoxy) is 1. The van der Waals surface area contributed by atoms with Gasteiger partial charge in [-0.05, 0) is 52.5 Å². The van der Waals surface area contributed by atoms with Crippen LogP contribution in [0.15, 0.2) is 65.2 Å². The first-order chi connectivity index (χ1) is 16.3. The van der Waals surface area contributed by atoms with Crippen molar-refractivity contribution in [3.8, 4) is 0 Å². The van der Waals surface area contributed by atoms with Crippen molar-refractivity contribution in [2.45, 2.75) is 25.3 Å². The average Bonchev–Trinajstić information content (AvgIpc) is 3.09. The summed E-state index contributed by atoms with van der Waals surface area (Å²) in [5, 5.41) is 3.02. The summed E-state index contributed by atoms with van der Waals surface area (Å²) >= 11 is 9.31. The molecule has 2 aromatic carbocycles. The van der Waals surface area contributed by atoms with E-state index in [4.69, 9.17) is 16.3 Å². The molecule has 7 nitrogen and oxygen atoms in total. The fourth-order valence-corrected chi connectivity index (χ4v) is 4.68. The van der Waals surface area contributed by atoms with Crippen LogP contribution in [0.4, 0.5) is 5.69 Å². The minimum absolute atomic E-state index is 0.105. The number of imide groups is 1. The SMILES string of the molecule is O=C(COC(=O)[C@H](Cc1ccccc1)N1C(=O)[C@H]2CC=CC[C@@H]2C1=O)Nc1ccc(Br)c(Cl)c1. The second-order valence-electron chi connectivity index (χ2n) is 8.19. The summed E-state index contributed by atoms with van der Waals surface area (Å²) < 4.78 is 5.95. The number of allylic oxidation sites excluding steroid dienone is 2. The number of nitrogens with one attached hydrogen (secondary N) is 1. The number of carbonyl (C=O) groups excluding carboxylic acids is 4. The molecule has 0 spiro atoms. The van der Waals surface area contributed by atoms with E-state index in [1.54, 1.807) is 18.2 Å². The number of likely N-dealkylation sites (tertiary alicyclic amines) is 1. The largest absolute Gasteiger partial charge is 0.454 e. The van der Waals surface area contributed by atoms with E-state index in [9.17, 15) is 19.2 Å². The monoisotopic (exact) mass is 544 g/mol. The van der Waals surface area contributed by atoms with Gasteiger partial charge in [-0.3, -0.25) is 19.3 Å². The highest BCUT2D eigenvalue weighted by Gasteiger charge is 2.51. The number of benzene rings is 2. The number of esters is 1. The van der Waals surface area contributed by atoms with Crippen molar-refractivity contribution >= 4 is 56.9 Å². The molecule has 1 saturated heterocycles. The smallest absolute Gasteiger partial charge is 0.330 e. The van der Waals surface area contributed by atoms with Gasteiger partial charge in [0.25, 0.3) is 5.91 Å². The van der Waals surface area contributed by atoms with Gasteiger partial charge in [0.1, 0.15) is 6.04 Å². The number of amides is 3. The maximum atomic E-state index is 13.1. The van der Waals surface area contributed by atoms with Crippen molar-refractivity contribution < 1.29 is 23.9 Å². The molecule has 4 rings (SSSR count). The van der Waals surface area contributed by atoms with E-state index in [-0.39, 0.29) is 18.2 Å². The Morgan fingerprint density at radius 2 is 1.71 bits per heavy atom. The highest BCUT2D eigenvalue weighted by Crippen LogP contribution is 2.36. The van der Waals surface area contributed by atoms with Crippen LogP contribution >= 0.6 is 27.5 Å². The number of carbonyl (C=O) groups is 4. The molecule has 176 valence electrons. The van der Waals surface area contributed by atoms with Crippen molar-refractivity contribution in [2.75, 3.05) is 11.9 Å². The van der Waals surface area contributed by atoms with Crippen LogP contribution in [-0.4, -0.2) is 41.2 Å². The lowest BCUT2D eigenvalue weighted by molar-refractivity contribution is -0.159. The van der Waals surface area contributed by atoms with Crippen LogP contribution in [0.3, 0.4) is 0 Å². The minimum Gasteiger partial charge on any atom is -0.454 e. The predicted molar refractivity (Wildman–Crippen MR) is 130 cm³/mol. The number of rotatable bonds is 7. The minimum atomic E-state index is -1.15. The number of hydrogen-bond acceptors (Lipinski definition) is 5. The maximum absolute atomic E-state index is 13.1. The standard InChI is InChI=1S/C25H22BrClN2O5/c26-19-11-10-16(13-20(19)27)28-22(30)14-34-25(33)21(12-15-6-2-1-3-7-15)29-23(31)17-8-4-5-9-18(17)24(29)32/h1-7,10-11,13,17-18,21H,8-9,12,14H2,(H,28,30)/t17-,18-,21-/m0/s1. The number of halogens is 2. The van der Waals surface area contributed by atoms with Gasteiger partial charge in [-0.25, -0.2) is 4.79 Å². The van der Waals surface area contributed by atoms with Crippen molar-refractivity contribution in [3.63, 3.8) is 0 Å². The number of fused-ring (bicyclic) bond motifs is 1. The molecule has 34 heavy (non-hydrogen) atoms. The lowest BCUT2D eigenvalue weighted by atomic mass is 9.85. The molecule has 2 aromatic rings. The second-order valence-corrected chi connectivity index (χ2v) is 9.45. The normalized spacial score (nSPS) is 20.1. The zero-order chi connectivity index (χ0) is 24.2. The van der Waals surface area contributed by atoms with Crippen molar-refractivity contribution in [1.82, 2.24) is 4.90 Å². The summed E-state index contributed by atoms with van der Waals surface area (Å²) in [6.45, 7) is -0.567. The first-order valence-electron chi connectivity index (χ1n) is 10.8. The van der Waals surface area contributed by atoms with Gasteiger partial charge in [-0.2, -0.15) is 0 Å². The Kier molecular flexibility index (Phi) is 7.48. The number of nitrogens with zero attached hydrogens (tertiary/aromatic N) is 1. The quantitative estimate of drug-likeness (QED) is 0.321. The van der Waals surface area contributed by atoms with E-state index < -0.39 is 36.4 Å². The van der Waals surface area contributed by atoms with Crippen molar-refractivity contribution in [1.29, 1.82) is 0 Å². The van der Waals surface area contributed by atoms with Crippen LogP contribution in [0.2, 0.25) is 5.02 Å². The average molecular weight is 546 g/mol. The zero-order valence-corrected chi connectivity index (χ0v) is 20.4. The molecule has 3 atom stereocenters. The molecule has 0 radical (unpaired) electrons. The van der Waals surface area contributed by atoms with E-state index in [1.807, 2.05) is 42.5 Å². The predicted octanol–water partition coefficient (Wildman–Crippen LogP) is 4.15. The molecule has 9 heteroatoms. The van der Waals surface area contributed by atoms with Crippen LogP contribution < -0.4 is 5.32 Å². The fraction of sp³-hybridized carbons (Fsp3) is 0.280. The number of hydrogen-bond donors (Lipinski definition) is 1. The summed E-state index contributed by atoms with van der Waals surface area (Å²) in [4.78, 5) is 52.7. The van der Waals surface area contributed by atoms with E-state index in [0.717, 1.165) is 10.5 Å². The molecule has 1 aliphatic heterocycles. The van der Waals surface area contributed by atoms with Gasteiger partial charge in [0.2, 0.25) is 11.8 Å². The first-order valence-corrected chi connectivity index (χ1v) is 12.0. The molecule has 3 amide bonds. The van der Waals surface area contributed by atoms with Crippen LogP contribution in [0.1, 0.15) is 18.4 Å². The Balaban J connectivity index is 1.48. The summed E-state index contributed by atoms with van der Waals surface area (Å²) in [6, 6.07) is 12.8. The van der Waals surface area contributed by atoms with Gasteiger partial charge in [0.15, 0.2) is 6.61 Å². The van der Waals surface area contributed by atoms with Crippen LogP contribution in [0.25, 0.3) is 0 Å². The lowest BCUT2D eigenvalue weighted by Gasteiger charge is -2.25. The fourth-order valence-electron chi connectivity index (χ4n) is 4.25.